The Hall–Kier alpha value is -3.85. The van der Waals surface area contributed by atoms with Crippen molar-refractivity contribution in [2.75, 3.05) is 0 Å². The highest BCUT2D eigenvalue weighted by Gasteiger charge is 2.12. The second kappa shape index (κ2) is 9.33. The Morgan fingerprint density at radius 3 is 2.21 bits per heavy atom. The fourth-order valence-electron chi connectivity index (χ4n) is 4.41. The number of benzene rings is 3. The first kappa shape index (κ1) is 21.0. The van der Waals surface area contributed by atoms with Gasteiger partial charge in [0.05, 0.1) is 17.4 Å². The van der Waals surface area contributed by atoms with Crippen molar-refractivity contribution in [3.05, 3.63) is 114 Å². The van der Waals surface area contributed by atoms with Crippen molar-refractivity contribution in [2.45, 2.75) is 33.3 Å². The van der Waals surface area contributed by atoms with Crippen LogP contribution in [0.5, 0.6) is 5.75 Å². The van der Waals surface area contributed by atoms with Crippen LogP contribution in [0.25, 0.3) is 27.8 Å². The third kappa shape index (κ3) is 4.27. The summed E-state index contributed by atoms with van der Waals surface area (Å²) in [6.45, 7) is 4.99. The number of hydrogen-bond acceptors (Lipinski definition) is 2. The predicted octanol–water partition coefficient (Wildman–Crippen LogP) is 7.40. The third-order valence-electron chi connectivity index (χ3n) is 6.19. The lowest BCUT2D eigenvalue weighted by atomic mass is 9.94. The van der Waals surface area contributed by atoms with Crippen molar-refractivity contribution >= 4 is 10.9 Å². The molecule has 0 bridgehead atoms. The van der Waals surface area contributed by atoms with Crippen molar-refractivity contribution in [1.29, 1.82) is 0 Å². The van der Waals surface area contributed by atoms with E-state index in [1.54, 1.807) is 0 Å². The van der Waals surface area contributed by atoms with Crippen LogP contribution < -0.4 is 4.74 Å². The summed E-state index contributed by atoms with van der Waals surface area (Å²) in [6, 6.07) is 29.4. The molecule has 0 saturated carbocycles. The van der Waals surface area contributed by atoms with Gasteiger partial charge < -0.3 is 9.30 Å². The number of ether oxygens (including phenoxy) is 1. The molecule has 3 heteroatoms. The van der Waals surface area contributed by atoms with Crippen LogP contribution in [-0.4, -0.2) is 9.55 Å². The second-order valence-corrected chi connectivity index (χ2v) is 8.24. The molecular formula is C30H28N2O. The monoisotopic (exact) mass is 432 g/mol. The van der Waals surface area contributed by atoms with Gasteiger partial charge in [-0.25, -0.2) is 0 Å². The molecule has 0 amide bonds. The lowest BCUT2D eigenvalue weighted by Crippen LogP contribution is -1.98. The zero-order valence-electron chi connectivity index (χ0n) is 19.2. The van der Waals surface area contributed by atoms with E-state index in [4.69, 9.17) is 9.72 Å². The lowest BCUT2D eigenvalue weighted by molar-refractivity contribution is 0.306. The summed E-state index contributed by atoms with van der Waals surface area (Å²) in [4.78, 5) is 4.89. The topological polar surface area (TPSA) is 27.1 Å². The molecule has 5 rings (SSSR count). The van der Waals surface area contributed by atoms with Crippen LogP contribution >= 0.6 is 0 Å². The number of aryl methyl sites for hydroxylation is 2. The number of rotatable bonds is 7. The van der Waals surface area contributed by atoms with E-state index in [1.807, 2.05) is 36.5 Å². The van der Waals surface area contributed by atoms with Gasteiger partial charge in [0.2, 0.25) is 0 Å². The van der Waals surface area contributed by atoms with Crippen molar-refractivity contribution in [3.8, 4) is 22.7 Å². The molecule has 3 nitrogen and oxygen atoms in total. The smallest absolute Gasteiger partial charge is 0.119 e. The van der Waals surface area contributed by atoms with E-state index in [1.165, 1.54) is 22.1 Å². The van der Waals surface area contributed by atoms with E-state index in [9.17, 15) is 0 Å². The standard InChI is InChI=1S/C30H28N2O/c1-3-23-11-8-12-24(4-2)30(23)28-19-25-17-18-32(29(25)20-31-28)26-13-15-27(16-14-26)33-21-22-9-6-5-7-10-22/h5-20H,3-4,21H2,1-2H3. The third-order valence-corrected chi connectivity index (χ3v) is 6.19. The first-order valence-electron chi connectivity index (χ1n) is 11.6. The molecule has 0 unspecified atom stereocenters. The van der Waals surface area contributed by atoms with Gasteiger partial charge >= 0.3 is 0 Å². The van der Waals surface area contributed by atoms with Crippen molar-refractivity contribution in [2.24, 2.45) is 0 Å². The molecule has 0 fully saturated rings. The van der Waals surface area contributed by atoms with Gasteiger partial charge in [0.25, 0.3) is 0 Å². The Balaban J connectivity index is 1.42. The van der Waals surface area contributed by atoms with E-state index >= 15 is 0 Å². The number of aromatic nitrogens is 2. The second-order valence-electron chi connectivity index (χ2n) is 8.24. The van der Waals surface area contributed by atoms with Gasteiger partial charge in [-0.1, -0.05) is 62.4 Å². The Morgan fingerprint density at radius 1 is 0.788 bits per heavy atom. The van der Waals surface area contributed by atoms with E-state index in [0.29, 0.717) is 6.61 Å². The minimum absolute atomic E-state index is 0.568. The number of pyridine rings is 1. The van der Waals surface area contributed by atoms with Gasteiger partial charge in [-0.15, -0.1) is 0 Å². The van der Waals surface area contributed by atoms with Crippen LogP contribution in [-0.2, 0) is 19.4 Å². The van der Waals surface area contributed by atoms with E-state index in [2.05, 4.69) is 79.2 Å². The van der Waals surface area contributed by atoms with Crippen LogP contribution in [0.3, 0.4) is 0 Å². The minimum atomic E-state index is 0.568. The maximum atomic E-state index is 5.94. The normalized spacial score (nSPS) is 11.1. The van der Waals surface area contributed by atoms with E-state index in [-0.39, 0.29) is 0 Å². The quantitative estimate of drug-likeness (QED) is 0.268. The number of hydrogen-bond donors (Lipinski definition) is 0. The van der Waals surface area contributed by atoms with Gasteiger partial charge in [0.1, 0.15) is 12.4 Å². The minimum Gasteiger partial charge on any atom is -0.489 e. The van der Waals surface area contributed by atoms with Crippen molar-refractivity contribution in [1.82, 2.24) is 9.55 Å². The predicted molar refractivity (Wildman–Crippen MR) is 136 cm³/mol. The summed E-state index contributed by atoms with van der Waals surface area (Å²) in [5, 5.41) is 1.19. The van der Waals surface area contributed by atoms with E-state index in [0.717, 1.165) is 41.1 Å². The van der Waals surface area contributed by atoms with Crippen molar-refractivity contribution in [3.63, 3.8) is 0 Å². The largest absolute Gasteiger partial charge is 0.489 e. The summed E-state index contributed by atoms with van der Waals surface area (Å²) in [7, 11) is 0. The molecule has 0 aliphatic rings. The van der Waals surface area contributed by atoms with Crippen LogP contribution in [0.2, 0.25) is 0 Å². The van der Waals surface area contributed by atoms with E-state index < -0.39 is 0 Å². The van der Waals surface area contributed by atoms with Crippen LogP contribution in [0.15, 0.2) is 97.3 Å². The highest BCUT2D eigenvalue weighted by atomic mass is 16.5. The number of nitrogens with zero attached hydrogens (tertiary/aromatic N) is 2. The Labute approximate surface area is 195 Å². The van der Waals surface area contributed by atoms with Gasteiger partial charge in [-0.3, -0.25) is 4.98 Å². The maximum Gasteiger partial charge on any atom is 0.119 e. The summed E-state index contributed by atoms with van der Waals surface area (Å²) in [5.74, 6) is 0.864. The Morgan fingerprint density at radius 2 is 1.52 bits per heavy atom. The summed E-state index contributed by atoms with van der Waals surface area (Å²) < 4.78 is 8.12. The zero-order chi connectivity index (χ0) is 22.6. The fourth-order valence-corrected chi connectivity index (χ4v) is 4.41. The molecule has 0 N–H and O–H groups in total. The van der Waals surface area contributed by atoms with Gasteiger partial charge in [0, 0.05) is 22.8 Å². The highest BCUT2D eigenvalue weighted by Crippen LogP contribution is 2.31. The average Bonchev–Trinajstić information content (AvgIpc) is 3.31. The molecule has 0 aliphatic heterocycles. The maximum absolute atomic E-state index is 5.94. The van der Waals surface area contributed by atoms with Crippen LogP contribution in [0.4, 0.5) is 0 Å². The first-order valence-corrected chi connectivity index (χ1v) is 11.6. The molecule has 33 heavy (non-hydrogen) atoms. The molecule has 164 valence electrons. The molecule has 0 atom stereocenters. The molecule has 0 spiro atoms. The summed E-state index contributed by atoms with van der Waals surface area (Å²) in [6.07, 6.45) is 6.12. The molecule has 2 aromatic heterocycles. The molecule has 0 saturated heterocycles. The molecule has 0 radical (unpaired) electrons. The van der Waals surface area contributed by atoms with Crippen LogP contribution in [0.1, 0.15) is 30.5 Å². The molecule has 3 aromatic carbocycles. The lowest BCUT2D eigenvalue weighted by Gasteiger charge is -2.13. The SMILES string of the molecule is CCc1cccc(CC)c1-c1cc2ccn(-c3ccc(OCc4ccccc4)cc3)c2cn1. The molecule has 2 heterocycles. The molecular weight excluding hydrogens is 404 g/mol. The first-order chi connectivity index (χ1) is 16.3. The molecule has 0 aliphatic carbocycles. The average molecular weight is 433 g/mol. The number of fused-ring (bicyclic) bond motifs is 1. The Bertz CT molecular complexity index is 1350. The molecule has 5 aromatic rings. The van der Waals surface area contributed by atoms with Gasteiger partial charge in [0.15, 0.2) is 0 Å². The zero-order valence-corrected chi connectivity index (χ0v) is 19.2. The van der Waals surface area contributed by atoms with Gasteiger partial charge in [-0.2, -0.15) is 0 Å². The van der Waals surface area contributed by atoms with Crippen LogP contribution in [0, 0.1) is 0 Å². The summed E-state index contributed by atoms with van der Waals surface area (Å²) in [5.41, 5.74) is 8.41. The Kier molecular flexibility index (Phi) is 5.95. The highest BCUT2D eigenvalue weighted by molar-refractivity contribution is 5.86. The van der Waals surface area contributed by atoms with Gasteiger partial charge in [-0.05, 0) is 65.9 Å². The fraction of sp³-hybridized carbons (Fsp3) is 0.167. The van der Waals surface area contributed by atoms with Crippen molar-refractivity contribution < 1.29 is 4.74 Å². The summed E-state index contributed by atoms with van der Waals surface area (Å²) >= 11 is 0.